The zero-order valence-corrected chi connectivity index (χ0v) is 10.4. The van der Waals surface area contributed by atoms with Crippen molar-refractivity contribution in [2.45, 2.75) is 50.9 Å². The number of rotatable bonds is 4. The normalized spacial score (nSPS) is 23.2. The molecule has 1 nitrogen and oxygen atoms in total. The summed E-state index contributed by atoms with van der Waals surface area (Å²) in [5.41, 5.74) is -3.79. The summed E-state index contributed by atoms with van der Waals surface area (Å²) in [6, 6.07) is 0. The Balaban J connectivity index is 3.03. The topological polar surface area (TPSA) is 17.1 Å². The Morgan fingerprint density at radius 3 is 2.11 bits per heavy atom. The fourth-order valence-corrected chi connectivity index (χ4v) is 2.45. The van der Waals surface area contributed by atoms with Gasteiger partial charge in [-0.15, -0.1) is 6.58 Å². The highest BCUT2D eigenvalue weighted by Crippen LogP contribution is 2.44. The molecular weight excluding hydrogens is 248 g/mol. The molecule has 1 fully saturated rings. The molecule has 2 unspecified atom stereocenters. The van der Waals surface area contributed by atoms with Crippen LogP contribution in [0.2, 0.25) is 0 Å². The van der Waals surface area contributed by atoms with Gasteiger partial charge in [-0.05, 0) is 12.8 Å². The van der Waals surface area contributed by atoms with Crippen molar-refractivity contribution in [3.63, 3.8) is 0 Å². The molecule has 18 heavy (non-hydrogen) atoms. The Bertz CT molecular complexity index is 317. The summed E-state index contributed by atoms with van der Waals surface area (Å²) in [6.45, 7) is 4.22. The van der Waals surface area contributed by atoms with Crippen LogP contribution in [0.25, 0.3) is 0 Å². The van der Waals surface area contributed by atoms with E-state index in [1.807, 2.05) is 0 Å². The van der Waals surface area contributed by atoms with Gasteiger partial charge in [-0.1, -0.05) is 32.3 Å². The minimum atomic E-state index is -5.19. The SMILES string of the molecule is C=CC(C)C(F)(C(=O)C1CCCCC1)C(F)(F)F. The van der Waals surface area contributed by atoms with Gasteiger partial charge in [0.05, 0.1) is 0 Å². The van der Waals surface area contributed by atoms with Crippen molar-refractivity contribution in [2.24, 2.45) is 11.8 Å². The Morgan fingerprint density at radius 1 is 1.22 bits per heavy atom. The van der Waals surface area contributed by atoms with E-state index in [1.165, 1.54) is 0 Å². The average Bonchev–Trinajstić information content (AvgIpc) is 2.35. The third-order valence-electron chi connectivity index (χ3n) is 3.73. The minimum absolute atomic E-state index is 0.352. The van der Waals surface area contributed by atoms with Gasteiger partial charge in [0.25, 0.3) is 5.67 Å². The second-order valence-electron chi connectivity index (χ2n) is 4.93. The molecule has 0 aromatic heterocycles. The molecule has 0 aliphatic heterocycles. The standard InChI is InChI=1S/C13H18F4O/c1-3-9(2)12(14,13(15,16)17)11(18)10-7-5-4-6-8-10/h3,9-10H,1,4-8H2,2H3. The molecule has 1 aliphatic rings. The number of allylic oxidation sites excluding steroid dienone is 1. The molecule has 1 saturated carbocycles. The summed E-state index contributed by atoms with van der Waals surface area (Å²) in [5.74, 6) is -3.69. The Labute approximate surface area is 104 Å². The van der Waals surface area contributed by atoms with Crippen LogP contribution in [0.1, 0.15) is 39.0 Å². The summed E-state index contributed by atoms with van der Waals surface area (Å²) in [6.07, 6.45) is -1.36. The lowest BCUT2D eigenvalue weighted by Crippen LogP contribution is -2.55. The van der Waals surface area contributed by atoms with Crippen molar-refractivity contribution in [3.05, 3.63) is 12.7 Å². The first kappa shape index (κ1) is 15.2. The fourth-order valence-electron chi connectivity index (χ4n) is 2.45. The van der Waals surface area contributed by atoms with Crippen LogP contribution in [-0.4, -0.2) is 17.6 Å². The maximum atomic E-state index is 14.3. The van der Waals surface area contributed by atoms with E-state index in [2.05, 4.69) is 6.58 Å². The van der Waals surface area contributed by atoms with E-state index in [9.17, 15) is 22.4 Å². The molecular formula is C13H18F4O. The summed E-state index contributed by atoms with van der Waals surface area (Å²) in [7, 11) is 0. The van der Waals surface area contributed by atoms with Gasteiger partial charge >= 0.3 is 6.18 Å². The Kier molecular flexibility index (Phi) is 4.56. The van der Waals surface area contributed by atoms with Crippen molar-refractivity contribution in [1.29, 1.82) is 0 Å². The molecule has 0 amide bonds. The molecule has 104 valence electrons. The van der Waals surface area contributed by atoms with Crippen molar-refractivity contribution >= 4 is 5.78 Å². The molecule has 0 saturated heterocycles. The number of carbonyl (C=O) groups is 1. The van der Waals surface area contributed by atoms with Gasteiger partial charge in [-0.25, -0.2) is 4.39 Å². The number of hydrogen-bond donors (Lipinski definition) is 0. The number of Topliss-reactive ketones (excluding diaryl/α,β-unsaturated/α-hetero) is 1. The Morgan fingerprint density at radius 2 is 1.72 bits per heavy atom. The van der Waals surface area contributed by atoms with Crippen molar-refractivity contribution in [3.8, 4) is 0 Å². The van der Waals surface area contributed by atoms with Gasteiger partial charge in [-0.3, -0.25) is 4.79 Å². The number of hydrogen-bond acceptors (Lipinski definition) is 1. The first-order valence-corrected chi connectivity index (χ1v) is 6.17. The fraction of sp³-hybridized carbons (Fsp3) is 0.769. The molecule has 0 aromatic carbocycles. The van der Waals surface area contributed by atoms with E-state index < -0.39 is 29.5 Å². The number of halogens is 4. The molecule has 0 bridgehead atoms. The van der Waals surface area contributed by atoms with E-state index >= 15 is 0 Å². The third-order valence-corrected chi connectivity index (χ3v) is 3.73. The van der Waals surface area contributed by atoms with Crippen LogP contribution in [0.4, 0.5) is 17.6 Å². The quantitative estimate of drug-likeness (QED) is 0.549. The van der Waals surface area contributed by atoms with E-state index in [-0.39, 0.29) is 0 Å². The van der Waals surface area contributed by atoms with Crippen molar-refractivity contribution in [2.75, 3.05) is 0 Å². The van der Waals surface area contributed by atoms with Gasteiger partial charge < -0.3 is 0 Å². The van der Waals surface area contributed by atoms with E-state index in [1.54, 1.807) is 0 Å². The van der Waals surface area contributed by atoms with Crippen LogP contribution in [0, 0.1) is 11.8 Å². The van der Waals surface area contributed by atoms with Gasteiger partial charge in [0.15, 0.2) is 5.78 Å². The van der Waals surface area contributed by atoms with Crippen LogP contribution in [0.15, 0.2) is 12.7 Å². The summed E-state index contributed by atoms with van der Waals surface area (Å²) < 4.78 is 53.0. The third kappa shape index (κ3) is 2.59. The van der Waals surface area contributed by atoms with Crippen LogP contribution in [0.3, 0.4) is 0 Å². The van der Waals surface area contributed by atoms with Crippen molar-refractivity contribution in [1.82, 2.24) is 0 Å². The number of ketones is 1. The highest BCUT2D eigenvalue weighted by molar-refractivity contribution is 5.91. The lowest BCUT2D eigenvalue weighted by Gasteiger charge is -2.34. The molecule has 2 atom stereocenters. The number of carbonyl (C=O) groups excluding carboxylic acids is 1. The van der Waals surface area contributed by atoms with Crippen LogP contribution in [0.5, 0.6) is 0 Å². The van der Waals surface area contributed by atoms with Gasteiger partial charge in [0.1, 0.15) is 0 Å². The predicted molar refractivity (Wildman–Crippen MR) is 60.8 cm³/mol. The first-order valence-electron chi connectivity index (χ1n) is 6.17. The zero-order chi connectivity index (χ0) is 14.0. The number of alkyl halides is 4. The van der Waals surface area contributed by atoms with Crippen LogP contribution in [-0.2, 0) is 4.79 Å². The molecule has 0 spiro atoms. The molecule has 1 rings (SSSR count). The second-order valence-corrected chi connectivity index (χ2v) is 4.93. The van der Waals surface area contributed by atoms with Gasteiger partial charge in [-0.2, -0.15) is 13.2 Å². The minimum Gasteiger partial charge on any atom is -0.295 e. The molecule has 0 N–H and O–H groups in total. The summed E-state index contributed by atoms with van der Waals surface area (Å²) in [4.78, 5) is 11.9. The van der Waals surface area contributed by atoms with E-state index in [0.29, 0.717) is 25.7 Å². The van der Waals surface area contributed by atoms with Crippen molar-refractivity contribution < 1.29 is 22.4 Å². The van der Waals surface area contributed by atoms with E-state index in [0.717, 1.165) is 19.4 Å². The molecule has 0 aromatic rings. The molecule has 5 heteroatoms. The van der Waals surface area contributed by atoms with Crippen LogP contribution >= 0.6 is 0 Å². The summed E-state index contributed by atoms with van der Waals surface area (Å²) in [5, 5.41) is 0. The maximum absolute atomic E-state index is 14.3. The van der Waals surface area contributed by atoms with Gasteiger partial charge in [0.2, 0.25) is 0 Å². The van der Waals surface area contributed by atoms with E-state index in [4.69, 9.17) is 0 Å². The molecule has 0 radical (unpaired) electrons. The highest BCUT2D eigenvalue weighted by atomic mass is 19.4. The lowest BCUT2D eigenvalue weighted by atomic mass is 9.75. The Hall–Kier alpha value is -0.870. The molecule has 1 aliphatic carbocycles. The predicted octanol–water partition coefficient (Wildman–Crippen LogP) is 4.23. The first-order chi connectivity index (χ1) is 8.25. The summed E-state index contributed by atoms with van der Waals surface area (Å²) >= 11 is 0. The van der Waals surface area contributed by atoms with Gasteiger partial charge in [0, 0.05) is 11.8 Å². The molecule has 0 heterocycles. The van der Waals surface area contributed by atoms with Crippen LogP contribution < -0.4 is 0 Å². The lowest BCUT2D eigenvalue weighted by molar-refractivity contribution is -0.237. The smallest absolute Gasteiger partial charge is 0.295 e. The largest absolute Gasteiger partial charge is 0.430 e. The maximum Gasteiger partial charge on any atom is 0.430 e. The monoisotopic (exact) mass is 266 g/mol. The average molecular weight is 266 g/mol. The zero-order valence-electron chi connectivity index (χ0n) is 10.4. The second kappa shape index (κ2) is 5.41. The highest BCUT2D eigenvalue weighted by Gasteiger charge is 2.64.